The van der Waals surface area contributed by atoms with E-state index in [4.69, 9.17) is 29.6 Å². The number of halogens is 2. The molecule has 0 radical (unpaired) electrons. The van der Waals surface area contributed by atoms with Gasteiger partial charge in [0.2, 0.25) is 0 Å². The lowest BCUT2D eigenvalue weighted by Crippen LogP contribution is -2.13. The van der Waals surface area contributed by atoms with Crippen molar-refractivity contribution in [3.8, 4) is 0 Å². The summed E-state index contributed by atoms with van der Waals surface area (Å²) < 4.78 is 13.8. The van der Waals surface area contributed by atoms with Crippen LogP contribution in [0.3, 0.4) is 0 Å². The third-order valence-electron chi connectivity index (χ3n) is 2.69. The van der Waals surface area contributed by atoms with Gasteiger partial charge >= 0.3 is 0 Å². The Kier molecular flexibility index (Phi) is 4.86. The van der Waals surface area contributed by atoms with Crippen molar-refractivity contribution in [3.05, 3.63) is 52.8 Å². The molecule has 104 valence electrons. The van der Waals surface area contributed by atoms with Crippen molar-refractivity contribution < 1.29 is 4.39 Å². The van der Waals surface area contributed by atoms with Gasteiger partial charge in [0.15, 0.2) is 0 Å². The Morgan fingerprint density at radius 3 is 2.70 bits per heavy atom. The average molecular weight is 327 g/mol. The van der Waals surface area contributed by atoms with Crippen molar-refractivity contribution in [2.24, 2.45) is 5.73 Å². The van der Waals surface area contributed by atoms with E-state index in [1.165, 1.54) is 30.0 Å². The zero-order valence-electron chi connectivity index (χ0n) is 10.6. The molecule has 0 unspecified atom stereocenters. The summed E-state index contributed by atoms with van der Waals surface area (Å²) in [4.78, 5) is 1.20. The lowest BCUT2D eigenvalue weighted by Gasteiger charge is -2.15. The van der Waals surface area contributed by atoms with E-state index in [9.17, 15) is 4.39 Å². The van der Waals surface area contributed by atoms with Crippen molar-refractivity contribution in [2.45, 2.75) is 4.90 Å². The molecule has 0 saturated heterocycles. The van der Waals surface area contributed by atoms with Crippen LogP contribution in [0.15, 0.2) is 41.3 Å². The first-order valence-corrected chi connectivity index (χ1v) is 7.73. The third-order valence-corrected chi connectivity index (χ3v) is 3.91. The molecule has 6 heteroatoms. The standard InChI is InChI=1S/C14H12ClFN2S2/c1-20-12-4-2-3-10(13(12)14(17)19)18-11-7-8(15)5-6-9(11)16/h2-7,18H,1H3,(H2,17,19). The number of hydrogen-bond donors (Lipinski definition) is 2. The van der Waals surface area contributed by atoms with E-state index < -0.39 is 5.82 Å². The molecule has 3 N–H and O–H groups in total. The van der Waals surface area contributed by atoms with E-state index in [1.807, 2.05) is 18.4 Å². The lowest BCUT2D eigenvalue weighted by molar-refractivity contribution is 0.632. The second-order valence-corrected chi connectivity index (χ2v) is 5.72. The molecule has 0 saturated carbocycles. The van der Waals surface area contributed by atoms with Gasteiger partial charge in [-0.2, -0.15) is 0 Å². The maximum Gasteiger partial charge on any atom is 0.146 e. The summed E-state index contributed by atoms with van der Waals surface area (Å²) in [7, 11) is 0. The quantitative estimate of drug-likeness (QED) is 0.637. The molecule has 0 atom stereocenters. The maximum atomic E-state index is 13.8. The minimum Gasteiger partial charge on any atom is -0.389 e. The Morgan fingerprint density at radius 1 is 1.30 bits per heavy atom. The predicted molar refractivity (Wildman–Crippen MR) is 88.8 cm³/mol. The first-order valence-electron chi connectivity index (χ1n) is 5.72. The van der Waals surface area contributed by atoms with Crippen LogP contribution in [-0.2, 0) is 0 Å². The normalized spacial score (nSPS) is 10.3. The predicted octanol–water partition coefficient (Wildman–Crippen LogP) is 4.58. The van der Waals surface area contributed by atoms with E-state index in [1.54, 1.807) is 6.07 Å². The Morgan fingerprint density at radius 2 is 2.05 bits per heavy atom. The van der Waals surface area contributed by atoms with Gasteiger partial charge in [-0.05, 0) is 36.6 Å². The molecule has 20 heavy (non-hydrogen) atoms. The summed E-state index contributed by atoms with van der Waals surface area (Å²) in [5.41, 5.74) is 7.42. The van der Waals surface area contributed by atoms with Crippen molar-refractivity contribution in [1.29, 1.82) is 0 Å². The molecule has 0 spiro atoms. The summed E-state index contributed by atoms with van der Waals surface area (Å²) in [5, 5.41) is 3.45. The number of benzene rings is 2. The molecular formula is C14H12ClFN2S2. The first kappa shape index (κ1) is 15.1. The average Bonchev–Trinajstić information content (AvgIpc) is 2.42. The molecule has 0 aliphatic rings. The number of nitrogens with one attached hydrogen (secondary N) is 1. The topological polar surface area (TPSA) is 38.0 Å². The zero-order chi connectivity index (χ0) is 14.7. The molecular weight excluding hydrogens is 315 g/mol. The van der Waals surface area contributed by atoms with Gasteiger partial charge in [0, 0.05) is 21.2 Å². The second kappa shape index (κ2) is 6.43. The summed E-state index contributed by atoms with van der Waals surface area (Å²) in [6.45, 7) is 0. The Balaban J connectivity index is 2.48. The molecule has 2 aromatic carbocycles. The van der Waals surface area contributed by atoms with E-state index in [-0.39, 0.29) is 10.7 Å². The number of hydrogen-bond acceptors (Lipinski definition) is 3. The van der Waals surface area contributed by atoms with E-state index in [0.717, 1.165) is 4.90 Å². The van der Waals surface area contributed by atoms with Crippen LogP contribution < -0.4 is 11.1 Å². The molecule has 0 heterocycles. The van der Waals surface area contributed by atoms with Crippen LogP contribution in [0.4, 0.5) is 15.8 Å². The van der Waals surface area contributed by atoms with Crippen LogP contribution in [0.5, 0.6) is 0 Å². The van der Waals surface area contributed by atoms with E-state index in [0.29, 0.717) is 16.3 Å². The second-order valence-electron chi connectivity index (χ2n) is 4.00. The summed E-state index contributed by atoms with van der Waals surface area (Å²) in [6, 6.07) is 9.90. The molecule has 2 rings (SSSR count). The SMILES string of the molecule is CSc1cccc(Nc2cc(Cl)ccc2F)c1C(N)=S. The van der Waals surface area contributed by atoms with Gasteiger partial charge in [-0.25, -0.2) is 4.39 Å². The van der Waals surface area contributed by atoms with Gasteiger partial charge < -0.3 is 11.1 Å². The molecule has 0 bridgehead atoms. The Labute approximate surface area is 131 Å². The Hall–Kier alpha value is -1.30. The fraction of sp³-hybridized carbons (Fsp3) is 0.0714. The van der Waals surface area contributed by atoms with Crippen LogP contribution in [0.25, 0.3) is 0 Å². The number of thioether (sulfide) groups is 1. The number of nitrogens with two attached hydrogens (primary N) is 1. The largest absolute Gasteiger partial charge is 0.389 e. The van der Waals surface area contributed by atoms with Crippen LogP contribution in [-0.4, -0.2) is 11.2 Å². The molecule has 0 aliphatic heterocycles. The van der Waals surface area contributed by atoms with Crippen molar-refractivity contribution in [2.75, 3.05) is 11.6 Å². The lowest BCUT2D eigenvalue weighted by atomic mass is 10.1. The number of thiocarbonyl (C=S) groups is 1. The first-order chi connectivity index (χ1) is 9.52. The van der Waals surface area contributed by atoms with Crippen LogP contribution in [0.1, 0.15) is 5.56 Å². The number of anilines is 2. The summed E-state index contributed by atoms with van der Waals surface area (Å²) in [6.07, 6.45) is 1.93. The van der Waals surface area contributed by atoms with Crippen molar-refractivity contribution >= 4 is 51.9 Å². The third kappa shape index (κ3) is 3.23. The monoisotopic (exact) mass is 326 g/mol. The highest BCUT2D eigenvalue weighted by molar-refractivity contribution is 7.98. The van der Waals surface area contributed by atoms with Crippen LogP contribution >= 0.6 is 35.6 Å². The van der Waals surface area contributed by atoms with Crippen molar-refractivity contribution in [1.82, 2.24) is 0 Å². The fourth-order valence-corrected chi connectivity index (χ4v) is 2.89. The van der Waals surface area contributed by atoms with Crippen molar-refractivity contribution in [3.63, 3.8) is 0 Å². The smallest absolute Gasteiger partial charge is 0.146 e. The van der Waals surface area contributed by atoms with Gasteiger partial charge in [0.1, 0.15) is 10.8 Å². The Bertz CT molecular complexity index is 662. The van der Waals surface area contributed by atoms with Gasteiger partial charge in [-0.3, -0.25) is 0 Å². The minimum absolute atomic E-state index is 0.264. The summed E-state index contributed by atoms with van der Waals surface area (Å²) in [5.74, 6) is -0.391. The molecule has 0 amide bonds. The van der Waals surface area contributed by atoms with Gasteiger partial charge in [0.05, 0.1) is 5.69 Å². The molecule has 0 aromatic heterocycles. The highest BCUT2D eigenvalue weighted by atomic mass is 35.5. The zero-order valence-corrected chi connectivity index (χ0v) is 13.0. The fourth-order valence-electron chi connectivity index (χ4n) is 1.80. The minimum atomic E-state index is -0.391. The maximum absolute atomic E-state index is 13.8. The molecule has 0 aliphatic carbocycles. The van der Waals surface area contributed by atoms with E-state index >= 15 is 0 Å². The van der Waals surface area contributed by atoms with Crippen LogP contribution in [0.2, 0.25) is 5.02 Å². The van der Waals surface area contributed by atoms with E-state index in [2.05, 4.69) is 5.32 Å². The molecule has 2 nitrogen and oxygen atoms in total. The van der Waals surface area contributed by atoms with Crippen LogP contribution in [0, 0.1) is 5.82 Å². The highest BCUT2D eigenvalue weighted by Crippen LogP contribution is 2.31. The summed E-state index contributed by atoms with van der Waals surface area (Å²) >= 11 is 12.5. The molecule has 2 aromatic rings. The molecule has 0 fully saturated rings. The highest BCUT2D eigenvalue weighted by Gasteiger charge is 2.12. The van der Waals surface area contributed by atoms with Gasteiger partial charge in [0.25, 0.3) is 0 Å². The van der Waals surface area contributed by atoms with Gasteiger partial charge in [-0.1, -0.05) is 29.9 Å². The number of rotatable bonds is 4. The van der Waals surface area contributed by atoms with Gasteiger partial charge in [-0.15, -0.1) is 11.8 Å².